The van der Waals surface area contributed by atoms with Gasteiger partial charge in [0, 0.05) is 24.6 Å². The van der Waals surface area contributed by atoms with Crippen molar-refractivity contribution >= 4 is 11.5 Å². The fourth-order valence-corrected chi connectivity index (χ4v) is 4.57. The normalized spacial score (nSPS) is 30.1. The van der Waals surface area contributed by atoms with E-state index < -0.39 is 11.4 Å². The third kappa shape index (κ3) is 2.52. The van der Waals surface area contributed by atoms with Crippen LogP contribution in [0.15, 0.2) is 24.5 Å². The number of carboxylic acids is 1. The first-order valence-electron chi connectivity index (χ1n) is 9.21. The summed E-state index contributed by atoms with van der Waals surface area (Å²) in [5, 5.41) is 19.4. The Bertz CT molecular complexity index is 937. The second-order valence-corrected chi connectivity index (χ2v) is 8.46. The van der Waals surface area contributed by atoms with Gasteiger partial charge in [-0.15, -0.1) is 0 Å². The first-order valence-corrected chi connectivity index (χ1v) is 9.21. The monoisotopic (exact) mass is 352 g/mol. The van der Waals surface area contributed by atoms with Gasteiger partial charge in [-0.25, -0.2) is 4.79 Å². The van der Waals surface area contributed by atoms with Crippen LogP contribution < -0.4 is 0 Å². The molecule has 26 heavy (non-hydrogen) atoms. The Kier molecular flexibility index (Phi) is 3.68. The number of hydrogen-bond acceptors (Lipinski definition) is 3. The molecule has 5 heteroatoms. The predicted molar refractivity (Wildman–Crippen MR) is 97.4 cm³/mol. The third-order valence-corrected chi connectivity index (χ3v) is 6.15. The van der Waals surface area contributed by atoms with Gasteiger partial charge in [0.25, 0.3) is 0 Å². The van der Waals surface area contributed by atoms with Gasteiger partial charge in [0.1, 0.15) is 0 Å². The summed E-state index contributed by atoms with van der Waals surface area (Å²) in [6, 6.07) is 6.47. The summed E-state index contributed by atoms with van der Waals surface area (Å²) in [5.41, 5.74) is 2.16. The van der Waals surface area contributed by atoms with Crippen molar-refractivity contribution in [2.45, 2.75) is 57.0 Å². The van der Waals surface area contributed by atoms with Crippen LogP contribution in [0.3, 0.4) is 0 Å². The molecule has 1 aliphatic carbocycles. The molecule has 4 rings (SSSR count). The molecule has 3 heterocycles. The summed E-state index contributed by atoms with van der Waals surface area (Å²) in [6.07, 6.45) is 6.34. The van der Waals surface area contributed by atoms with Crippen LogP contribution in [-0.4, -0.2) is 27.7 Å². The number of aromatic nitrogens is 1. The van der Waals surface area contributed by atoms with Crippen molar-refractivity contribution < 1.29 is 14.6 Å². The Balaban J connectivity index is 1.81. The molecule has 2 fully saturated rings. The molecule has 2 aromatic heterocycles. The lowest BCUT2D eigenvalue weighted by atomic mass is 9.84. The van der Waals surface area contributed by atoms with Crippen molar-refractivity contribution in [2.75, 3.05) is 6.61 Å². The Hall–Kier alpha value is -2.32. The van der Waals surface area contributed by atoms with E-state index in [4.69, 9.17) is 4.74 Å². The largest absolute Gasteiger partial charge is 0.478 e. The van der Waals surface area contributed by atoms with Gasteiger partial charge >= 0.3 is 5.97 Å². The average Bonchev–Trinajstić information content (AvgIpc) is 3.09. The van der Waals surface area contributed by atoms with Crippen LogP contribution in [0.5, 0.6) is 0 Å². The maximum atomic E-state index is 11.8. The maximum absolute atomic E-state index is 11.8. The fraction of sp³-hybridized carbons (Fsp3) is 0.524. The molecule has 2 aromatic rings. The van der Waals surface area contributed by atoms with E-state index in [-0.39, 0.29) is 17.1 Å². The summed E-state index contributed by atoms with van der Waals surface area (Å²) in [6.45, 7) is 6.97. The summed E-state index contributed by atoms with van der Waals surface area (Å²) >= 11 is 0. The van der Waals surface area contributed by atoms with E-state index in [1.807, 2.05) is 23.6 Å². The zero-order valence-electron chi connectivity index (χ0n) is 15.5. The van der Waals surface area contributed by atoms with Crippen molar-refractivity contribution in [2.24, 2.45) is 5.92 Å². The molecule has 3 atom stereocenters. The number of nitriles is 1. The molecular formula is C21H24N2O3. The quantitative estimate of drug-likeness (QED) is 0.902. The Morgan fingerprint density at radius 1 is 1.35 bits per heavy atom. The highest BCUT2D eigenvalue weighted by molar-refractivity contribution is 5.94. The second kappa shape index (κ2) is 5.59. The first-order chi connectivity index (χ1) is 12.3. The van der Waals surface area contributed by atoms with E-state index in [2.05, 4.69) is 26.0 Å². The van der Waals surface area contributed by atoms with Crippen LogP contribution in [0.25, 0.3) is 5.52 Å². The molecule has 0 aromatic carbocycles. The van der Waals surface area contributed by atoms with Crippen LogP contribution >= 0.6 is 0 Å². The highest BCUT2D eigenvalue weighted by Gasteiger charge is 2.56. The lowest BCUT2D eigenvalue weighted by Gasteiger charge is -2.35. The van der Waals surface area contributed by atoms with Crippen molar-refractivity contribution in [3.05, 3.63) is 41.2 Å². The molecule has 0 radical (unpaired) electrons. The van der Waals surface area contributed by atoms with Crippen LogP contribution in [-0.2, 0) is 10.2 Å². The van der Waals surface area contributed by atoms with E-state index in [0.29, 0.717) is 11.5 Å². The van der Waals surface area contributed by atoms with Gasteiger partial charge in [-0.3, -0.25) is 0 Å². The van der Waals surface area contributed by atoms with Crippen molar-refractivity contribution in [3.8, 4) is 6.07 Å². The standard InChI is InChI=1S/C21H24N2O3/c1-13-8-21(13,12-22)18-16(19(24)25)11-23-10-15(4-5-17(18)23)14-6-7-26-20(2,3)9-14/h4-5,10-11,13-14H,6-9H2,1-3H3,(H,24,25)/t13-,14-,21+/m0/s1. The third-order valence-electron chi connectivity index (χ3n) is 6.15. The van der Waals surface area contributed by atoms with Gasteiger partial charge < -0.3 is 14.2 Å². The average molecular weight is 352 g/mol. The molecule has 0 unspecified atom stereocenters. The van der Waals surface area contributed by atoms with E-state index in [1.165, 1.54) is 5.56 Å². The highest BCUT2D eigenvalue weighted by atomic mass is 16.5. The zero-order valence-corrected chi connectivity index (χ0v) is 15.5. The Labute approximate surface area is 153 Å². The van der Waals surface area contributed by atoms with E-state index in [0.717, 1.165) is 31.4 Å². The van der Waals surface area contributed by atoms with E-state index in [1.54, 1.807) is 6.20 Å². The minimum Gasteiger partial charge on any atom is -0.478 e. The number of aromatic carboxylic acids is 1. The lowest BCUT2D eigenvalue weighted by molar-refractivity contribution is -0.0593. The molecule has 5 nitrogen and oxygen atoms in total. The topological polar surface area (TPSA) is 74.7 Å². The molecule has 1 saturated carbocycles. The van der Waals surface area contributed by atoms with Crippen LogP contribution in [0, 0.1) is 17.2 Å². The van der Waals surface area contributed by atoms with Gasteiger partial charge in [0.15, 0.2) is 0 Å². The number of nitrogens with zero attached hydrogens (tertiary/aromatic N) is 2. The number of rotatable bonds is 3. The van der Waals surface area contributed by atoms with Gasteiger partial charge in [0.2, 0.25) is 0 Å². The zero-order chi connectivity index (χ0) is 18.7. The smallest absolute Gasteiger partial charge is 0.337 e. The maximum Gasteiger partial charge on any atom is 0.337 e. The summed E-state index contributed by atoms with van der Waals surface area (Å²) in [7, 11) is 0. The van der Waals surface area contributed by atoms with Gasteiger partial charge in [-0.05, 0) is 56.6 Å². The van der Waals surface area contributed by atoms with Crippen LogP contribution in [0.4, 0.5) is 0 Å². The number of hydrogen-bond donors (Lipinski definition) is 1. The summed E-state index contributed by atoms with van der Waals surface area (Å²) < 4.78 is 7.72. The second-order valence-electron chi connectivity index (χ2n) is 8.46. The molecule has 0 amide bonds. The first kappa shape index (κ1) is 17.1. The van der Waals surface area contributed by atoms with E-state index in [9.17, 15) is 15.2 Å². The fourth-order valence-electron chi connectivity index (χ4n) is 4.57. The number of ether oxygens (including phenoxy) is 1. The molecule has 0 spiro atoms. The number of carboxylic acid groups (broad SMARTS) is 1. The Morgan fingerprint density at radius 3 is 2.65 bits per heavy atom. The lowest BCUT2D eigenvalue weighted by Crippen LogP contribution is -2.33. The summed E-state index contributed by atoms with van der Waals surface area (Å²) in [5.74, 6) is -0.383. The van der Waals surface area contributed by atoms with Gasteiger partial charge in [-0.1, -0.05) is 13.0 Å². The predicted octanol–water partition coefficient (Wildman–Crippen LogP) is 4.11. The van der Waals surface area contributed by atoms with Crippen molar-refractivity contribution in [3.63, 3.8) is 0 Å². The molecule has 1 N–H and O–H groups in total. The minimum atomic E-state index is -0.967. The Morgan fingerprint density at radius 2 is 2.08 bits per heavy atom. The van der Waals surface area contributed by atoms with Crippen molar-refractivity contribution in [1.29, 1.82) is 5.26 Å². The molecule has 1 aliphatic heterocycles. The summed E-state index contributed by atoms with van der Waals surface area (Å²) in [4.78, 5) is 11.8. The molecule has 136 valence electrons. The molecule has 2 aliphatic rings. The minimum absolute atomic E-state index is 0.139. The SMILES string of the molecule is C[C@H]1C[C@]1(C#N)c1c(C(=O)O)cn2cc([C@H]3CCOC(C)(C)C3)ccc12. The van der Waals surface area contributed by atoms with Crippen molar-refractivity contribution in [1.82, 2.24) is 4.40 Å². The van der Waals surface area contributed by atoms with Gasteiger partial charge in [0.05, 0.1) is 28.2 Å². The van der Waals surface area contributed by atoms with Gasteiger partial charge in [-0.2, -0.15) is 5.26 Å². The number of fused-ring (bicyclic) bond motifs is 1. The van der Waals surface area contributed by atoms with E-state index >= 15 is 0 Å². The molecular weight excluding hydrogens is 328 g/mol. The molecule has 1 saturated heterocycles. The highest BCUT2D eigenvalue weighted by Crippen LogP contribution is 2.56. The number of pyridine rings is 1. The number of carbonyl (C=O) groups is 1. The van der Waals surface area contributed by atoms with Crippen LogP contribution in [0.1, 0.15) is 67.4 Å². The van der Waals surface area contributed by atoms with Crippen LogP contribution in [0.2, 0.25) is 0 Å². The molecule has 0 bridgehead atoms.